The molecule has 1 nitrogen and oxygen atoms in total. The Morgan fingerprint density at radius 2 is 1.60 bits per heavy atom. The highest BCUT2D eigenvalue weighted by Gasteiger charge is 1.97. The molecule has 1 aromatic carbocycles. The summed E-state index contributed by atoms with van der Waals surface area (Å²) < 4.78 is 0. The van der Waals surface area contributed by atoms with Crippen LogP contribution < -0.4 is 0 Å². The number of aliphatic hydroxyl groups excluding tert-OH is 1. The van der Waals surface area contributed by atoms with E-state index in [1.165, 1.54) is 5.56 Å². The molecule has 1 unspecified atom stereocenters. The van der Waals surface area contributed by atoms with Gasteiger partial charge in [0.1, 0.15) is 0 Å². The first-order valence-electron chi connectivity index (χ1n) is 5.78. The Hall–Kier alpha value is -0.820. The second kappa shape index (κ2) is 8.49. The van der Waals surface area contributed by atoms with Gasteiger partial charge in [0.25, 0.3) is 0 Å². The van der Waals surface area contributed by atoms with Crippen LogP contribution in [0.3, 0.4) is 0 Å². The van der Waals surface area contributed by atoms with Crippen molar-refractivity contribution in [1.82, 2.24) is 0 Å². The molecule has 1 rings (SSSR count). The van der Waals surface area contributed by atoms with Gasteiger partial charge in [0, 0.05) is 0 Å². The molecule has 0 aromatic heterocycles. The first-order valence-corrected chi connectivity index (χ1v) is 5.78. The molecule has 1 heteroatoms. The van der Waals surface area contributed by atoms with Crippen LogP contribution in [0.15, 0.2) is 30.3 Å². The molecule has 0 bridgehead atoms. The topological polar surface area (TPSA) is 20.2 Å². The summed E-state index contributed by atoms with van der Waals surface area (Å²) in [5.41, 5.74) is 1.41. The molecule has 0 aliphatic rings. The average Bonchev–Trinajstić information content (AvgIpc) is 2.18. The van der Waals surface area contributed by atoms with Gasteiger partial charge in [-0.25, -0.2) is 0 Å². The minimum Gasteiger partial charge on any atom is -0.393 e. The normalized spacial score (nSPS) is 11.9. The van der Waals surface area contributed by atoms with Gasteiger partial charge in [0.2, 0.25) is 0 Å². The monoisotopic (exact) mass is 208 g/mol. The third kappa shape index (κ3) is 9.48. The quantitative estimate of drug-likeness (QED) is 0.803. The number of benzene rings is 1. The molecule has 0 aliphatic heterocycles. The van der Waals surface area contributed by atoms with Crippen molar-refractivity contribution in [2.24, 2.45) is 5.92 Å². The Kier molecular flexibility index (Phi) is 8.02. The van der Waals surface area contributed by atoms with Crippen molar-refractivity contribution >= 4 is 0 Å². The standard InChI is InChI=1S/C8H10.C6H14O/c1-2-8-6-4-3-5-7-8;1-5(2)4-6(3)7/h3-7H,2H2,1H3;5-7H,4H2,1-3H3. The fourth-order valence-corrected chi connectivity index (χ4v) is 1.40. The maximum absolute atomic E-state index is 8.72. The fraction of sp³-hybridized carbons (Fsp3) is 0.571. The van der Waals surface area contributed by atoms with E-state index in [0.717, 1.165) is 12.8 Å². The molecule has 1 aromatic rings. The zero-order valence-corrected chi connectivity index (χ0v) is 10.4. The van der Waals surface area contributed by atoms with Crippen molar-refractivity contribution in [3.05, 3.63) is 35.9 Å². The molecule has 15 heavy (non-hydrogen) atoms. The Morgan fingerprint density at radius 1 is 1.07 bits per heavy atom. The third-order valence-corrected chi connectivity index (χ3v) is 2.06. The minimum atomic E-state index is -0.125. The Labute approximate surface area is 94.2 Å². The second-order valence-corrected chi connectivity index (χ2v) is 4.32. The zero-order valence-electron chi connectivity index (χ0n) is 10.4. The van der Waals surface area contributed by atoms with E-state index in [9.17, 15) is 0 Å². The SMILES string of the molecule is CC(C)CC(C)O.CCc1ccccc1. The lowest BCUT2D eigenvalue weighted by molar-refractivity contribution is 0.168. The van der Waals surface area contributed by atoms with Crippen LogP contribution in [0.1, 0.15) is 39.7 Å². The Balaban J connectivity index is 0.000000265. The third-order valence-electron chi connectivity index (χ3n) is 2.06. The van der Waals surface area contributed by atoms with Crippen LogP contribution in [0.2, 0.25) is 0 Å². The summed E-state index contributed by atoms with van der Waals surface area (Å²) in [6.45, 7) is 8.19. The van der Waals surface area contributed by atoms with Crippen LogP contribution in [0.5, 0.6) is 0 Å². The van der Waals surface area contributed by atoms with Gasteiger partial charge in [0.15, 0.2) is 0 Å². The van der Waals surface area contributed by atoms with E-state index < -0.39 is 0 Å². The number of aliphatic hydroxyl groups is 1. The summed E-state index contributed by atoms with van der Waals surface area (Å²) in [6, 6.07) is 10.5. The summed E-state index contributed by atoms with van der Waals surface area (Å²) in [5.74, 6) is 0.625. The maximum atomic E-state index is 8.72. The van der Waals surface area contributed by atoms with Crippen LogP contribution in [0.25, 0.3) is 0 Å². The predicted molar refractivity (Wildman–Crippen MR) is 67.0 cm³/mol. The van der Waals surface area contributed by atoms with Gasteiger partial charge in [-0.1, -0.05) is 51.1 Å². The van der Waals surface area contributed by atoms with Gasteiger partial charge in [0.05, 0.1) is 6.10 Å². The Morgan fingerprint density at radius 3 is 1.80 bits per heavy atom. The van der Waals surface area contributed by atoms with E-state index >= 15 is 0 Å². The molecule has 0 amide bonds. The first-order chi connectivity index (χ1) is 7.06. The lowest BCUT2D eigenvalue weighted by Gasteiger charge is -2.04. The molecule has 1 atom stereocenters. The van der Waals surface area contributed by atoms with Gasteiger partial charge in [-0.15, -0.1) is 0 Å². The number of rotatable bonds is 3. The fourth-order valence-electron chi connectivity index (χ4n) is 1.40. The van der Waals surface area contributed by atoms with Crippen molar-refractivity contribution in [3.63, 3.8) is 0 Å². The second-order valence-electron chi connectivity index (χ2n) is 4.32. The molecule has 86 valence electrons. The molecule has 0 aliphatic carbocycles. The van der Waals surface area contributed by atoms with Crippen LogP contribution in [-0.2, 0) is 6.42 Å². The molecular formula is C14H24O. The van der Waals surface area contributed by atoms with E-state index in [0.29, 0.717) is 5.92 Å². The van der Waals surface area contributed by atoms with Crippen molar-refractivity contribution < 1.29 is 5.11 Å². The molecule has 0 saturated heterocycles. The average molecular weight is 208 g/mol. The van der Waals surface area contributed by atoms with Crippen LogP contribution in [-0.4, -0.2) is 11.2 Å². The number of hydrogen-bond acceptors (Lipinski definition) is 1. The lowest BCUT2D eigenvalue weighted by Crippen LogP contribution is -2.03. The van der Waals surface area contributed by atoms with Gasteiger partial charge < -0.3 is 5.11 Å². The molecule has 0 saturated carbocycles. The first kappa shape index (κ1) is 14.2. The number of aryl methyl sites for hydroxylation is 1. The van der Waals surface area contributed by atoms with E-state index in [1.807, 2.05) is 13.0 Å². The smallest absolute Gasteiger partial charge is 0.0514 e. The van der Waals surface area contributed by atoms with E-state index in [2.05, 4.69) is 45.0 Å². The highest BCUT2D eigenvalue weighted by atomic mass is 16.3. The van der Waals surface area contributed by atoms with Crippen LogP contribution in [0, 0.1) is 5.92 Å². The van der Waals surface area contributed by atoms with Crippen molar-refractivity contribution in [2.45, 2.75) is 46.6 Å². The van der Waals surface area contributed by atoms with Gasteiger partial charge >= 0.3 is 0 Å². The zero-order chi connectivity index (χ0) is 11.7. The largest absolute Gasteiger partial charge is 0.393 e. The molecular weight excluding hydrogens is 184 g/mol. The van der Waals surface area contributed by atoms with Gasteiger partial charge in [-0.2, -0.15) is 0 Å². The maximum Gasteiger partial charge on any atom is 0.0514 e. The summed E-state index contributed by atoms with van der Waals surface area (Å²) in [5, 5.41) is 8.72. The predicted octanol–water partition coefficient (Wildman–Crippen LogP) is 3.66. The Bertz CT molecular complexity index is 220. The van der Waals surface area contributed by atoms with Crippen molar-refractivity contribution in [2.75, 3.05) is 0 Å². The molecule has 0 radical (unpaired) electrons. The lowest BCUT2D eigenvalue weighted by atomic mass is 10.1. The van der Waals surface area contributed by atoms with E-state index in [1.54, 1.807) is 0 Å². The minimum absolute atomic E-state index is 0.125. The highest BCUT2D eigenvalue weighted by molar-refractivity contribution is 5.13. The van der Waals surface area contributed by atoms with Crippen molar-refractivity contribution in [3.8, 4) is 0 Å². The molecule has 0 heterocycles. The van der Waals surface area contributed by atoms with E-state index in [-0.39, 0.29) is 6.10 Å². The van der Waals surface area contributed by atoms with Gasteiger partial charge in [-0.3, -0.25) is 0 Å². The summed E-state index contributed by atoms with van der Waals surface area (Å²) in [6.07, 6.45) is 1.93. The summed E-state index contributed by atoms with van der Waals surface area (Å²) >= 11 is 0. The van der Waals surface area contributed by atoms with Gasteiger partial charge in [-0.05, 0) is 31.2 Å². The molecule has 0 spiro atoms. The number of hydrogen-bond donors (Lipinski definition) is 1. The van der Waals surface area contributed by atoms with Crippen molar-refractivity contribution in [1.29, 1.82) is 0 Å². The van der Waals surface area contributed by atoms with Crippen LogP contribution in [0.4, 0.5) is 0 Å². The highest BCUT2D eigenvalue weighted by Crippen LogP contribution is 2.02. The van der Waals surface area contributed by atoms with Crippen LogP contribution >= 0.6 is 0 Å². The summed E-state index contributed by atoms with van der Waals surface area (Å²) in [7, 11) is 0. The van der Waals surface area contributed by atoms with E-state index in [4.69, 9.17) is 5.11 Å². The molecule has 0 fully saturated rings. The molecule has 1 N–H and O–H groups in total. The summed E-state index contributed by atoms with van der Waals surface area (Å²) in [4.78, 5) is 0.